The molecule has 0 spiro atoms. The molecule has 1 aliphatic heterocycles. The summed E-state index contributed by atoms with van der Waals surface area (Å²) in [6, 6.07) is 14.0. The van der Waals surface area contributed by atoms with Crippen molar-refractivity contribution >= 4 is 28.9 Å². The summed E-state index contributed by atoms with van der Waals surface area (Å²) in [6.45, 7) is 8.05. The fraction of sp³-hybridized carbons (Fsp3) is 0.360. The number of hydrogen-bond acceptors (Lipinski definition) is 3. The highest BCUT2D eigenvalue weighted by Gasteiger charge is 2.42. The number of nitrogens with zero attached hydrogens (tertiary/aromatic N) is 3. The molecular formula is C25H29ClN4OS. The van der Waals surface area contributed by atoms with Gasteiger partial charge in [0.1, 0.15) is 0 Å². The Morgan fingerprint density at radius 2 is 1.94 bits per heavy atom. The third-order valence-electron chi connectivity index (χ3n) is 6.31. The first kappa shape index (κ1) is 22.8. The molecule has 2 unspecified atom stereocenters. The summed E-state index contributed by atoms with van der Waals surface area (Å²) in [5, 5.41) is 5.04. The van der Waals surface area contributed by atoms with Crippen LogP contribution in [0.5, 0.6) is 0 Å². The Bertz CT molecular complexity index is 1110. The summed E-state index contributed by atoms with van der Waals surface area (Å²) in [4.78, 5) is 6.96. The Morgan fingerprint density at radius 3 is 2.62 bits per heavy atom. The molecular weight excluding hydrogens is 440 g/mol. The maximum Gasteiger partial charge on any atom is 0.170 e. The van der Waals surface area contributed by atoms with E-state index in [1.807, 2.05) is 36.5 Å². The van der Waals surface area contributed by atoms with Crippen LogP contribution < -0.4 is 5.32 Å². The van der Waals surface area contributed by atoms with E-state index in [0.717, 1.165) is 34.5 Å². The van der Waals surface area contributed by atoms with Crippen LogP contribution in [0.15, 0.2) is 48.7 Å². The molecule has 32 heavy (non-hydrogen) atoms. The summed E-state index contributed by atoms with van der Waals surface area (Å²) in [5.41, 5.74) is 6.99. The summed E-state index contributed by atoms with van der Waals surface area (Å²) < 4.78 is 7.60. The van der Waals surface area contributed by atoms with Crippen molar-refractivity contribution in [2.75, 3.05) is 20.3 Å². The lowest BCUT2D eigenvalue weighted by molar-refractivity contribution is 0.180. The van der Waals surface area contributed by atoms with Gasteiger partial charge in [0, 0.05) is 54.1 Å². The molecule has 0 bridgehead atoms. The maximum absolute atomic E-state index is 6.32. The van der Waals surface area contributed by atoms with E-state index >= 15 is 0 Å². The van der Waals surface area contributed by atoms with Crippen LogP contribution in [-0.4, -0.2) is 39.8 Å². The van der Waals surface area contributed by atoms with Crippen molar-refractivity contribution in [1.29, 1.82) is 0 Å². The van der Waals surface area contributed by atoms with Crippen LogP contribution in [0.4, 0.5) is 0 Å². The highest BCUT2D eigenvalue weighted by molar-refractivity contribution is 7.80. The van der Waals surface area contributed by atoms with E-state index in [2.05, 4.69) is 52.7 Å². The van der Waals surface area contributed by atoms with Crippen LogP contribution in [0.1, 0.15) is 46.7 Å². The number of thiocarbonyl (C=S) groups is 1. The monoisotopic (exact) mass is 468 g/mol. The first-order valence-electron chi connectivity index (χ1n) is 10.9. The minimum atomic E-state index is -0.0294. The molecule has 1 aliphatic rings. The van der Waals surface area contributed by atoms with E-state index < -0.39 is 0 Å². The van der Waals surface area contributed by atoms with Gasteiger partial charge in [-0.05, 0) is 75.3 Å². The van der Waals surface area contributed by atoms with Crippen LogP contribution in [0, 0.1) is 20.8 Å². The van der Waals surface area contributed by atoms with Crippen molar-refractivity contribution in [2.45, 2.75) is 39.3 Å². The zero-order chi connectivity index (χ0) is 22.8. The summed E-state index contributed by atoms with van der Waals surface area (Å²) in [6.07, 6.45) is 2.74. The lowest BCUT2D eigenvalue weighted by Crippen LogP contribution is -2.31. The van der Waals surface area contributed by atoms with E-state index in [4.69, 9.17) is 28.6 Å². The van der Waals surface area contributed by atoms with Crippen LogP contribution in [0.25, 0.3) is 5.69 Å². The second kappa shape index (κ2) is 9.61. The number of pyridine rings is 1. The summed E-state index contributed by atoms with van der Waals surface area (Å²) in [5.74, 6) is 0. The summed E-state index contributed by atoms with van der Waals surface area (Å²) >= 11 is 12.1. The first-order valence-corrected chi connectivity index (χ1v) is 11.6. The number of benzene rings is 1. The van der Waals surface area contributed by atoms with Crippen LogP contribution in [0.3, 0.4) is 0 Å². The van der Waals surface area contributed by atoms with E-state index in [1.165, 1.54) is 22.5 Å². The lowest BCUT2D eigenvalue weighted by atomic mass is 9.93. The normalized spacial score (nSPS) is 18.3. The largest absolute Gasteiger partial charge is 0.385 e. The third-order valence-corrected chi connectivity index (χ3v) is 6.90. The van der Waals surface area contributed by atoms with Gasteiger partial charge in [-0.1, -0.05) is 23.7 Å². The SMILES string of the molecule is COCCCN1C(=S)NC(c2ccccn2)C1c1c(C)c(C)n(-c2cccc(Cl)c2)c1C. The number of halogens is 1. The topological polar surface area (TPSA) is 42.3 Å². The number of methoxy groups -OCH3 is 1. The molecule has 5 nitrogen and oxygen atoms in total. The maximum atomic E-state index is 6.32. The quantitative estimate of drug-likeness (QED) is 0.368. The summed E-state index contributed by atoms with van der Waals surface area (Å²) in [7, 11) is 1.73. The van der Waals surface area contributed by atoms with E-state index in [9.17, 15) is 0 Å². The predicted molar refractivity (Wildman–Crippen MR) is 134 cm³/mol. The minimum Gasteiger partial charge on any atom is -0.385 e. The van der Waals surface area contributed by atoms with E-state index in [0.29, 0.717) is 6.61 Å². The Morgan fingerprint density at radius 1 is 1.12 bits per heavy atom. The first-order chi connectivity index (χ1) is 15.4. The van der Waals surface area contributed by atoms with Gasteiger partial charge in [0.25, 0.3) is 0 Å². The number of rotatable bonds is 7. The molecule has 3 aromatic rings. The Labute approximate surface area is 200 Å². The molecule has 0 saturated carbocycles. The fourth-order valence-electron chi connectivity index (χ4n) is 4.78. The zero-order valence-electron chi connectivity index (χ0n) is 18.9. The average molecular weight is 469 g/mol. The number of aromatic nitrogens is 2. The van der Waals surface area contributed by atoms with Crippen LogP contribution >= 0.6 is 23.8 Å². The van der Waals surface area contributed by atoms with Crippen molar-refractivity contribution in [1.82, 2.24) is 19.8 Å². The van der Waals surface area contributed by atoms with E-state index in [1.54, 1.807) is 7.11 Å². The van der Waals surface area contributed by atoms with Crippen LogP contribution in [0.2, 0.25) is 5.02 Å². The third kappa shape index (κ3) is 4.15. The molecule has 0 radical (unpaired) electrons. The number of hydrogen-bond donors (Lipinski definition) is 1. The molecule has 0 aliphatic carbocycles. The van der Waals surface area contributed by atoms with Gasteiger partial charge >= 0.3 is 0 Å². The van der Waals surface area contributed by atoms with Crippen molar-refractivity contribution in [3.8, 4) is 5.69 Å². The highest BCUT2D eigenvalue weighted by Crippen LogP contribution is 2.43. The standard InChI is InChI=1S/C25H29ClN4OS/c1-16-17(2)30(20-10-7-9-19(26)15-20)18(3)22(16)24-23(21-11-5-6-12-27-21)28-25(32)29(24)13-8-14-31-4/h5-7,9-12,15,23-24H,8,13-14H2,1-4H3,(H,28,32). The highest BCUT2D eigenvalue weighted by atomic mass is 35.5. The van der Waals surface area contributed by atoms with Gasteiger partial charge in [-0.25, -0.2) is 0 Å². The van der Waals surface area contributed by atoms with Gasteiger partial charge in [-0.15, -0.1) is 0 Å². The molecule has 1 N–H and O–H groups in total. The molecule has 0 amide bonds. The number of ether oxygens (including phenoxy) is 1. The molecule has 4 rings (SSSR count). The van der Waals surface area contributed by atoms with Gasteiger partial charge in [-0.3, -0.25) is 4.98 Å². The van der Waals surface area contributed by atoms with Gasteiger partial charge in [0.05, 0.1) is 17.8 Å². The minimum absolute atomic E-state index is 0.0294. The Balaban J connectivity index is 1.85. The zero-order valence-corrected chi connectivity index (χ0v) is 20.5. The van der Waals surface area contributed by atoms with Crippen LogP contribution in [-0.2, 0) is 4.74 Å². The second-order valence-electron chi connectivity index (χ2n) is 8.19. The lowest BCUT2D eigenvalue weighted by Gasteiger charge is -2.29. The molecule has 1 aromatic carbocycles. The molecule has 168 valence electrons. The molecule has 2 aromatic heterocycles. The van der Waals surface area contributed by atoms with Crippen molar-refractivity contribution in [3.63, 3.8) is 0 Å². The molecule has 2 atom stereocenters. The van der Waals surface area contributed by atoms with Gasteiger partial charge in [0.15, 0.2) is 5.11 Å². The van der Waals surface area contributed by atoms with Crippen molar-refractivity contribution in [3.05, 3.63) is 81.9 Å². The molecule has 7 heteroatoms. The fourth-order valence-corrected chi connectivity index (χ4v) is 5.30. The van der Waals surface area contributed by atoms with Crippen molar-refractivity contribution in [2.24, 2.45) is 0 Å². The predicted octanol–water partition coefficient (Wildman–Crippen LogP) is 5.46. The Hall–Kier alpha value is -2.41. The van der Waals surface area contributed by atoms with Gasteiger partial charge in [-0.2, -0.15) is 0 Å². The molecule has 3 heterocycles. The van der Waals surface area contributed by atoms with Gasteiger partial charge in [0.2, 0.25) is 0 Å². The molecule has 1 saturated heterocycles. The molecule has 1 fully saturated rings. The second-order valence-corrected chi connectivity index (χ2v) is 9.01. The number of nitrogens with one attached hydrogen (secondary N) is 1. The van der Waals surface area contributed by atoms with Gasteiger partial charge < -0.3 is 19.5 Å². The smallest absolute Gasteiger partial charge is 0.170 e. The average Bonchev–Trinajstić information content (AvgIpc) is 3.21. The van der Waals surface area contributed by atoms with E-state index in [-0.39, 0.29) is 12.1 Å². The van der Waals surface area contributed by atoms with Crippen molar-refractivity contribution < 1.29 is 4.74 Å². The Kier molecular flexibility index (Phi) is 6.84.